The van der Waals surface area contributed by atoms with Crippen molar-refractivity contribution in [1.82, 2.24) is 23.7 Å². The van der Waals surface area contributed by atoms with Crippen molar-refractivity contribution in [2.75, 3.05) is 18.4 Å². The van der Waals surface area contributed by atoms with Crippen LogP contribution in [0.25, 0.3) is 28.5 Å². The molecule has 44 heavy (non-hydrogen) atoms. The van der Waals surface area contributed by atoms with Gasteiger partial charge in [-0.2, -0.15) is 9.29 Å². The maximum atomic E-state index is 13.6. The van der Waals surface area contributed by atoms with Crippen molar-refractivity contribution in [3.05, 3.63) is 109 Å². The van der Waals surface area contributed by atoms with Crippen LogP contribution in [-0.4, -0.2) is 51.2 Å². The Balaban J connectivity index is 1.09. The number of fused-ring (bicyclic) bond motifs is 1. The molecular formula is C32H27FN6O4S. The predicted molar refractivity (Wildman–Crippen MR) is 162 cm³/mol. The number of hydrogen-bond donors (Lipinski definition) is 1. The molecule has 0 aliphatic carbocycles. The zero-order chi connectivity index (χ0) is 30.1. The molecule has 1 saturated heterocycles. The Labute approximate surface area is 252 Å². The number of halogens is 1. The van der Waals surface area contributed by atoms with E-state index in [0.29, 0.717) is 58.9 Å². The Morgan fingerprint density at radius 1 is 0.932 bits per heavy atom. The summed E-state index contributed by atoms with van der Waals surface area (Å²) in [4.78, 5) is 14.0. The zero-order valence-electron chi connectivity index (χ0n) is 23.4. The monoisotopic (exact) mass is 610 g/mol. The summed E-state index contributed by atoms with van der Waals surface area (Å²) in [7, 11) is -3.73. The molecular weight excluding hydrogens is 583 g/mol. The minimum Gasteiger partial charge on any atom is -0.457 e. The van der Waals surface area contributed by atoms with E-state index in [1.165, 1.54) is 22.7 Å². The van der Waals surface area contributed by atoms with Crippen LogP contribution in [-0.2, 0) is 10.0 Å². The van der Waals surface area contributed by atoms with Gasteiger partial charge in [0.1, 0.15) is 35.0 Å². The quantitative estimate of drug-likeness (QED) is 0.215. The molecule has 3 aromatic heterocycles. The van der Waals surface area contributed by atoms with Crippen LogP contribution in [0.5, 0.6) is 11.5 Å². The number of rotatable bonds is 8. The Kier molecular flexibility index (Phi) is 7.28. The molecule has 0 saturated carbocycles. The summed E-state index contributed by atoms with van der Waals surface area (Å²) in [5.41, 5.74) is 2.54. The highest BCUT2D eigenvalue weighted by Gasteiger charge is 2.31. The Morgan fingerprint density at radius 2 is 1.70 bits per heavy atom. The summed E-state index contributed by atoms with van der Waals surface area (Å²) in [5.74, 6) is 1.62. The zero-order valence-corrected chi connectivity index (χ0v) is 24.2. The van der Waals surface area contributed by atoms with E-state index in [0.717, 1.165) is 6.42 Å². The van der Waals surface area contributed by atoms with Crippen LogP contribution in [0.2, 0.25) is 0 Å². The lowest BCUT2D eigenvalue weighted by Gasteiger charge is -2.32. The smallest absolute Gasteiger partial charge is 0.306 e. The number of aromatic nitrogens is 4. The third-order valence-electron chi connectivity index (χ3n) is 7.44. The lowest BCUT2D eigenvalue weighted by Crippen LogP contribution is -2.45. The molecule has 0 unspecified atom stereocenters. The van der Waals surface area contributed by atoms with Crippen molar-refractivity contribution in [3.8, 4) is 34.1 Å². The first-order chi connectivity index (χ1) is 21.4. The van der Waals surface area contributed by atoms with E-state index >= 15 is 0 Å². The third kappa shape index (κ3) is 5.52. The molecule has 1 atom stereocenters. The van der Waals surface area contributed by atoms with Gasteiger partial charge in [-0.3, -0.25) is 4.40 Å². The van der Waals surface area contributed by atoms with E-state index in [9.17, 15) is 12.8 Å². The summed E-state index contributed by atoms with van der Waals surface area (Å²) in [6.07, 6.45) is 6.34. The molecule has 10 nitrogen and oxygen atoms in total. The molecule has 1 fully saturated rings. The number of anilines is 1. The number of piperidine rings is 1. The molecule has 0 amide bonds. The summed E-state index contributed by atoms with van der Waals surface area (Å²) >= 11 is 0. The maximum Gasteiger partial charge on any atom is 0.306 e. The fourth-order valence-electron chi connectivity index (χ4n) is 5.31. The second kappa shape index (κ2) is 11.5. The van der Waals surface area contributed by atoms with Gasteiger partial charge >= 0.3 is 5.84 Å². The molecule has 1 aliphatic heterocycles. The first kappa shape index (κ1) is 27.7. The summed E-state index contributed by atoms with van der Waals surface area (Å²) < 4.78 is 55.3. The minimum atomic E-state index is -3.73. The van der Waals surface area contributed by atoms with Gasteiger partial charge < -0.3 is 14.5 Å². The number of oxazole rings is 1. The average molecular weight is 611 g/mol. The molecule has 222 valence electrons. The highest BCUT2D eigenvalue weighted by molar-refractivity contribution is 7.89. The lowest BCUT2D eigenvalue weighted by atomic mass is 10.1. The second-order valence-electron chi connectivity index (χ2n) is 10.4. The number of para-hydroxylation sites is 1. The van der Waals surface area contributed by atoms with Crippen molar-refractivity contribution in [2.45, 2.75) is 23.8 Å². The molecule has 1 N–H and O–H groups in total. The molecule has 0 bridgehead atoms. The molecule has 6 aromatic rings. The summed E-state index contributed by atoms with van der Waals surface area (Å²) in [6.45, 7) is 0.677. The van der Waals surface area contributed by atoms with Gasteiger partial charge in [0.05, 0.1) is 10.6 Å². The number of hydrogen-bond acceptors (Lipinski definition) is 8. The van der Waals surface area contributed by atoms with E-state index in [4.69, 9.17) is 14.1 Å². The van der Waals surface area contributed by atoms with Crippen molar-refractivity contribution in [3.63, 3.8) is 0 Å². The standard InChI is InChI=1S/C32H27FN6O4S/c33-23-10-8-22(9-11-23)29-30(39-19-20-42-32(39)37-29)28-16-17-34-31(36-28)35-24-5-4-18-38(21-24)44(40,41)27-14-12-26(13-15-27)43-25-6-2-1-3-7-25/h1-3,6-17,19-20,24H,4-5,18,21H2,(H,34,35,36)/t24-/m1/s1. The maximum absolute atomic E-state index is 13.6. The Hall–Kier alpha value is -5.07. The van der Waals surface area contributed by atoms with Gasteiger partial charge in [0.15, 0.2) is 0 Å². The fourth-order valence-corrected chi connectivity index (χ4v) is 6.84. The largest absolute Gasteiger partial charge is 0.457 e. The van der Waals surface area contributed by atoms with Crippen LogP contribution in [0.3, 0.4) is 0 Å². The number of nitrogens with zero attached hydrogens (tertiary/aromatic N) is 5. The Bertz CT molecular complexity index is 2010. The lowest BCUT2D eigenvalue weighted by molar-refractivity contribution is 0.326. The van der Waals surface area contributed by atoms with Crippen molar-refractivity contribution in [2.24, 2.45) is 0 Å². The topological polar surface area (TPSA) is 115 Å². The van der Waals surface area contributed by atoms with E-state index < -0.39 is 10.0 Å². The van der Waals surface area contributed by atoms with Gasteiger partial charge in [-0.15, -0.1) is 0 Å². The first-order valence-electron chi connectivity index (χ1n) is 14.1. The van der Waals surface area contributed by atoms with Gasteiger partial charge in [0, 0.05) is 37.1 Å². The minimum absolute atomic E-state index is 0.203. The van der Waals surface area contributed by atoms with Crippen LogP contribution in [0.4, 0.5) is 10.3 Å². The number of sulfonamides is 1. The molecule has 12 heteroatoms. The van der Waals surface area contributed by atoms with Crippen molar-refractivity contribution < 1.29 is 22.0 Å². The van der Waals surface area contributed by atoms with Gasteiger partial charge in [-0.05, 0) is 79.6 Å². The molecule has 3 aromatic carbocycles. The molecule has 4 heterocycles. The third-order valence-corrected chi connectivity index (χ3v) is 9.32. The predicted octanol–water partition coefficient (Wildman–Crippen LogP) is 6.25. The van der Waals surface area contributed by atoms with E-state index in [-0.39, 0.29) is 23.3 Å². The highest BCUT2D eigenvalue weighted by atomic mass is 32.2. The number of ether oxygens (including phenoxy) is 1. The number of nitrogens with one attached hydrogen (secondary N) is 1. The highest BCUT2D eigenvalue weighted by Crippen LogP contribution is 2.33. The molecule has 1 aliphatic rings. The van der Waals surface area contributed by atoms with Crippen LogP contribution in [0.1, 0.15) is 12.8 Å². The first-order valence-corrected chi connectivity index (χ1v) is 15.5. The van der Waals surface area contributed by atoms with Gasteiger partial charge in [-0.1, -0.05) is 18.2 Å². The van der Waals surface area contributed by atoms with Crippen LogP contribution in [0, 0.1) is 5.82 Å². The SMILES string of the molecule is O=S(=O)(c1ccc(Oc2ccccc2)cc1)N1CCC[C@@H](Nc2nccc(-c3c(-c4ccc(F)cc4)nc4occn34)n2)C1. The van der Waals surface area contributed by atoms with Gasteiger partial charge in [0.25, 0.3) is 0 Å². The normalized spacial score (nSPS) is 15.8. The Morgan fingerprint density at radius 3 is 2.50 bits per heavy atom. The second-order valence-corrected chi connectivity index (χ2v) is 12.3. The van der Waals surface area contributed by atoms with E-state index in [2.05, 4.69) is 15.3 Å². The number of imidazole rings is 1. The average Bonchev–Trinajstić information content (AvgIpc) is 3.64. The van der Waals surface area contributed by atoms with E-state index in [1.807, 2.05) is 30.3 Å². The van der Waals surface area contributed by atoms with Gasteiger partial charge in [0.2, 0.25) is 16.0 Å². The van der Waals surface area contributed by atoms with Crippen LogP contribution < -0.4 is 10.1 Å². The van der Waals surface area contributed by atoms with Gasteiger partial charge in [-0.25, -0.2) is 22.8 Å². The van der Waals surface area contributed by atoms with E-state index in [1.54, 1.807) is 59.3 Å². The van der Waals surface area contributed by atoms with Crippen molar-refractivity contribution in [1.29, 1.82) is 0 Å². The van der Waals surface area contributed by atoms with Crippen LogP contribution >= 0.6 is 0 Å². The summed E-state index contributed by atoms with van der Waals surface area (Å²) in [6, 6.07) is 23.4. The fraction of sp³-hybridized carbons (Fsp3) is 0.156. The number of benzene rings is 3. The van der Waals surface area contributed by atoms with Crippen LogP contribution in [0.15, 0.2) is 113 Å². The summed E-state index contributed by atoms with van der Waals surface area (Å²) in [5, 5.41) is 3.33. The molecule has 7 rings (SSSR count). The molecule has 0 spiro atoms. The van der Waals surface area contributed by atoms with Crippen molar-refractivity contribution >= 4 is 21.8 Å². The molecule has 0 radical (unpaired) electrons.